The Morgan fingerprint density at radius 1 is 0.705 bits per heavy atom. The Balaban J connectivity index is 1.05. The highest BCUT2D eigenvalue weighted by molar-refractivity contribution is 6.29. The topological polar surface area (TPSA) is 73.5 Å². The number of carboxylic acid groups (broad SMARTS) is 1. The van der Waals surface area contributed by atoms with Crippen LogP contribution in [0.2, 0.25) is 0 Å². The van der Waals surface area contributed by atoms with Gasteiger partial charge in [0, 0.05) is 46.7 Å². The van der Waals surface area contributed by atoms with Crippen LogP contribution < -0.4 is 14.8 Å². The molecule has 2 heterocycles. The molecule has 8 rings (SSSR count). The lowest BCUT2D eigenvalue weighted by Crippen LogP contribution is -2.37. The van der Waals surface area contributed by atoms with Gasteiger partial charge < -0.3 is 15.3 Å². The highest BCUT2D eigenvalue weighted by Crippen LogP contribution is 2.52. The summed E-state index contributed by atoms with van der Waals surface area (Å²) in [5, 5.41) is 12.5. The molecular weight excluding hydrogens is 751 g/mol. The Bertz CT molecular complexity index is 2430. The Morgan fingerprint density at radius 3 is 2.03 bits per heavy atom. The second kappa shape index (κ2) is 19.7. The molecule has 0 radical (unpaired) electrons. The third-order valence-electron chi connectivity index (χ3n) is 12.3. The molecule has 61 heavy (non-hydrogen) atoms. The SMILES string of the molecule is CCCCCCCCc1ccc(NC(=O)/C(=C\c2ccc3c(c2)C2CCCC2N3c2ccc(C=C(c3ccccc3)c3ccccc3)cc2)c2cc[n+](CC(=O)O)cc2)cc1. The molecule has 6 heteroatoms. The summed E-state index contributed by atoms with van der Waals surface area (Å²) in [6.07, 6.45) is 19.7. The molecule has 1 saturated carbocycles. The zero-order valence-electron chi connectivity index (χ0n) is 35.2. The molecule has 1 fully saturated rings. The molecule has 0 spiro atoms. The van der Waals surface area contributed by atoms with Crippen molar-refractivity contribution in [3.63, 3.8) is 0 Å². The molecule has 1 amide bonds. The Morgan fingerprint density at radius 2 is 1.36 bits per heavy atom. The van der Waals surface area contributed by atoms with Gasteiger partial charge in [-0.15, -0.1) is 0 Å². The number of rotatable bonds is 17. The number of aliphatic carboxylic acids is 1. The number of carboxylic acids is 1. The van der Waals surface area contributed by atoms with Crippen LogP contribution in [0.3, 0.4) is 0 Å². The maximum Gasteiger partial charge on any atom is 0.370 e. The van der Waals surface area contributed by atoms with Gasteiger partial charge in [0.2, 0.25) is 6.54 Å². The number of nitrogens with one attached hydrogen (secondary N) is 1. The zero-order chi connectivity index (χ0) is 42.0. The number of carbonyl (C=O) groups is 2. The molecule has 5 aromatic carbocycles. The first-order valence-electron chi connectivity index (χ1n) is 22.1. The Kier molecular flexibility index (Phi) is 13.3. The lowest BCUT2D eigenvalue weighted by Gasteiger charge is -2.27. The van der Waals surface area contributed by atoms with E-state index in [1.807, 2.05) is 30.3 Å². The maximum absolute atomic E-state index is 14.2. The molecule has 0 bridgehead atoms. The first-order valence-corrected chi connectivity index (χ1v) is 22.1. The smallest absolute Gasteiger partial charge is 0.370 e. The Hall–Kier alpha value is -6.53. The van der Waals surface area contributed by atoms with E-state index in [0.717, 1.165) is 41.6 Å². The fourth-order valence-electron chi connectivity index (χ4n) is 9.17. The fourth-order valence-corrected chi connectivity index (χ4v) is 9.17. The number of fused-ring (bicyclic) bond motifs is 3. The van der Waals surface area contributed by atoms with Crippen LogP contribution in [-0.2, 0) is 22.6 Å². The van der Waals surface area contributed by atoms with E-state index in [9.17, 15) is 14.7 Å². The molecule has 6 aromatic rings. The number of unbranched alkanes of at least 4 members (excludes halogenated alkanes) is 5. The number of amides is 1. The number of carbonyl (C=O) groups excluding carboxylic acids is 1. The van der Waals surface area contributed by atoms with Gasteiger partial charge in [-0.2, -0.15) is 4.57 Å². The van der Waals surface area contributed by atoms with Crippen LogP contribution >= 0.6 is 0 Å². The maximum atomic E-state index is 14.2. The van der Waals surface area contributed by atoms with Gasteiger partial charge in [0.05, 0.1) is 0 Å². The number of aromatic nitrogens is 1. The summed E-state index contributed by atoms with van der Waals surface area (Å²) in [5.74, 6) is -0.724. The molecule has 2 atom stereocenters. The van der Waals surface area contributed by atoms with Crippen LogP contribution in [0.25, 0.3) is 23.3 Å². The van der Waals surface area contributed by atoms with Gasteiger partial charge in [-0.05, 0) is 119 Å². The summed E-state index contributed by atoms with van der Waals surface area (Å²) in [5.41, 5.74) is 12.7. The predicted octanol–water partition coefficient (Wildman–Crippen LogP) is 12.5. The molecule has 308 valence electrons. The van der Waals surface area contributed by atoms with E-state index in [1.54, 1.807) is 17.0 Å². The highest BCUT2D eigenvalue weighted by atomic mass is 16.4. The number of pyridine rings is 1. The summed E-state index contributed by atoms with van der Waals surface area (Å²) in [6, 6.07) is 49.0. The van der Waals surface area contributed by atoms with Crippen LogP contribution in [0.4, 0.5) is 17.1 Å². The molecular formula is C55H56N3O3+. The molecule has 1 aliphatic heterocycles. The van der Waals surface area contributed by atoms with E-state index in [0.29, 0.717) is 17.5 Å². The normalized spacial score (nSPS) is 15.6. The van der Waals surface area contributed by atoms with E-state index >= 15 is 0 Å². The third-order valence-corrected chi connectivity index (χ3v) is 12.3. The zero-order valence-corrected chi connectivity index (χ0v) is 35.2. The van der Waals surface area contributed by atoms with E-state index in [2.05, 4.69) is 138 Å². The highest BCUT2D eigenvalue weighted by Gasteiger charge is 2.42. The minimum atomic E-state index is -0.920. The molecule has 2 N–H and O–H groups in total. The van der Waals surface area contributed by atoms with Crippen molar-refractivity contribution in [2.75, 3.05) is 10.2 Å². The lowest BCUT2D eigenvalue weighted by atomic mass is 9.94. The number of anilines is 3. The van der Waals surface area contributed by atoms with Crippen LogP contribution in [0.5, 0.6) is 0 Å². The lowest BCUT2D eigenvalue weighted by molar-refractivity contribution is -0.685. The first-order chi connectivity index (χ1) is 29.9. The standard InChI is InChI=1S/C55H55N3O3/c1-2-3-4-5-6-9-15-40-22-27-46(28-23-40)56-55(61)50(45-32-34-57(35-33-45)39-54(59)60)37-42-26-31-53-51(38-42)48-20-14-21-52(48)58(53)47-29-24-41(25-30-47)36-49(43-16-10-7-11-17-43)44-18-12-8-13-19-44/h7-8,10-13,16-19,22-38,48,52H,2-6,9,14-15,20-21,39H2,1H3,(H-,56,59,60,61)/p+1. The fraction of sp³-hybridized carbons (Fsp3) is 0.255. The summed E-state index contributed by atoms with van der Waals surface area (Å²) in [4.78, 5) is 28.1. The van der Waals surface area contributed by atoms with Crippen molar-refractivity contribution in [3.05, 3.63) is 191 Å². The molecule has 0 saturated heterocycles. The van der Waals surface area contributed by atoms with E-state index in [-0.39, 0.29) is 12.5 Å². The van der Waals surface area contributed by atoms with Crippen LogP contribution in [-0.4, -0.2) is 23.0 Å². The second-order valence-electron chi connectivity index (χ2n) is 16.6. The molecule has 1 aliphatic carbocycles. The molecule has 6 nitrogen and oxygen atoms in total. The predicted molar refractivity (Wildman–Crippen MR) is 250 cm³/mol. The van der Waals surface area contributed by atoms with Gasteiger partial charge in [0.25, 0.3) is 5.91 Å². The number of aryl methyl sites for hydroxylation is 1. The monoisotopic (exact) mass is 806 g/mol. The Labute approximate surface area is 360 Å². The van der Waals surface area contributed by atoms with Crippen molar-refractivity contribution in [2.45, 2.75) is 89.6 Å². The van der Waals surface area contributed by atoms with Crippen LogP contribution in [0.15, 0.2) is 152 Å². The summed E-state index contributed by atoms with van der Waals surface area (Å²) < 4.78 is 1.60. The third kappa shape index (κ3) is 10.1. The molecule has 1 aromatic heterocycles. The summed E-state index contributed by atoms with van der Waals surface area (Å²) in [7, 11) is 0. The first kappa shape index (κ1) is 41.2. The minimum Gasteiger partial charge on any atom is -0.477 e. The summed E-state index contributed by atoms with van der Waals surface area (Å²) in [6.45, 7) is 2.09. The van der Waals surface area contributed by atoms with Crippen molar-refractivity contribution in [3.8, 4) is 0 Å². The van der Waals surface area contributed by atoms with Crippen LogP contribution in [0, 0.1) is 0 Å². The van der Waals surface area contributed by atoms with Gasteiger partial charge in [-0.25, -0.2) is 4.79 Å². The second-order valence-corrected chi connectivity index (χ2v) is 16.6. The average molecular weight is 807 g/mol. The average Bonchev–Trinajstić information content (AvgIpc) is 3.89. The van der Waals surface area contributed by atoms with Gasteiger partial charge in [-0.3, -0.25) is 4.79 Å². The van der Waals surface area contributed by atoms with Gasteiger partial charge in [0.15, 0.2) is 12.4 Å². The number of hydrogen-bond acceptors (Lipinski definition) is 3. The van der Waals surface area contributed by atoms with Gasteiger partial charge in [-0.1, -0.05) is 136 Å². The quantitative estimate of drug-likeness (QED) is 0.0417. The minimum absolute atomic E-state index is 0.150. The number of benzene rings is 5. The van der Waals surface area contributed by atoms with Crippen molar-refractivity contribution < 1.29 is 19.3 Å². The number of hydrogen-bond donors (Lipinski definition) is 2. The number of nitrogens with zero attached hydrogens (tertiary/aromatic N) is 2. The van der Waals surface area contributed by atoms with E-state index in [4.69, 9.17) is 0 Å². The molecule has 2 aliphatic rings. The summed E-state index contributed by atoms with van der Waals surface area (Å²) >= 11 is 0. The molecule has 2 unspecified atom stereocenters. The largest absolute Gasteiger partial charge is 0.477 e. The van der Waals surface area contributed by atoms with E-state index in [1.165, 1.54) is 84.1 Å². The van der Waals surface area contributed by atoms with Crippen molar-refractivity contribution in [1.29, 1.82) is 0 Å². The van der Waals surface area contributed by atoms with Gasteiger partial charge in [0.1, 0.15) is 0 Å². The van der Waals surface area contributed by atoms with Crippen molar-refractivity contribution >= 4 is 52.2 Å². The van der Waals surface area contributed by atoms with Crippen molar-refractivity contribution in [2.24, 2.45) is 0 Å². The van der Waals surface area contributed by atoms with Crippen molar-refractivity contribution in [1.82, 2.24) is 0 Å². The van der Waals surface area contributed by atoms with Gasteiger partial charge >= 0.3 is 5.97 Å². The van der Waals surface area contributed by atoms with E-state index < -0.39 is 5.97 Å². The van der Waals surface area contributed by atoms with Crippen LogP contribution in [0.1, 0.15) is 110 Å².